The number of hydrogen-bond acceptors (Lipinski definition) is 2. The monoisotopic (exact) mass is 226 g/mol. The Morgan fingerprint density at radius 2 is 2.36 bits per heavy atom. The average Bonchev–Trinajstić information content (AvgIpc) is 2.70. The van der Waals surface area contributed by atoms with Crippen LogP contribution in [0.1, 0.15) is 28.3 Å². The van der Waals surface area contributed by atoms with Gasteiger partial charge in [-0.3, -0.25) is 4.79 Å². The Bertz CT molecular complexity index is 345. The lowest BCUT2D eigenvalue weighted by Crippen LogP contribution is -1.97. The molecule has 1 fully saturated rings. The Hall–Kier alpha value is -0.470. The van der Waals surface area contributed by atoms with Crippen molar-refractivity contribution in [3.63, 3.8) is 0 Å². The molecule has 14 heavy (non-hydrogen) atoms. The Morgan fingerprint density at radius 1 is 1.50 bits per heavy atom. The summed E-state index contributed by atoms with van der Waals surface area (Å²) in [5, 5.41) is 0.738. The van der Waals surface area contributed by atoms with E-state index in [4.69, 9.17) is 11.6 Å². The summed E-state index contributed by atoms with van der Waals surface area (Å²) in [6.45, 7) is 0. The molecule has 1 aromatic rings. The van der Waals surface area contributed by atoms with E-state index in [1.54, 1.807) is 6.07 Å². The summed E-state index contributed by atoms with van der Waals surface area (Å²) in [5.41, 5.74) is 1.85. The average molecular weight is 227 g/mol. The van der Waals surface area contributed by atoms with Crippen LogP contribution in [-0.2, 0) is 0 Å². The van der Waals surface area contributed by atoms with Crippen molar-refractivity contribution in [2.45, 2.75) is 12.3 Å². The first-order valence-electron chi connectivity index (χ1n) is 4.63. The molecule has 0 aliphatic carbocycles. The Morgan fingerprint density at radius 3 is 2.93 bits per heavy atom. The molecular formula is C11H11ClOS. The van der Waals surface area contributed by atoms with Crippen LogP contribution in [0.2, 0.25) is 5.02 Å². The quantitative estimate of drug-likeness (QED) is 0.720. The summed E-state index contributed by atoms with van der Waals surface area (Å²) in [6, 6.07) is 5.59. The van der Waals surface area contributed by atoms with E-state index in [0.717, 1.165) is 17.1 Å². The molecule has 2 rings (SSSR count). The molecule has 0 amide bonds. The van der Waals surface area contributed by atoms with Crippen molar-refractivity contribution in [1.82, 2.24) is 0 Å². The minimum atomic E-state index is 0.577. The van der Waals surface area contributed by atoms with E-state index in [0.29, 0.717) is 11.5 Å². The molecule has 0 saturated carbocycles. The third-order valence-electron chi connectivity index (χ3n) is 2.53. The Balaban J connectivity index is 2.29. The molecule has 1 aliphatic heterocycles. The molecule has 1 aromatic carbocycles. The van der Waals surface area contributed by atoms with Crippen LogP contribution in [0.4, 0.5) is 0 Å². The number of thioether (sulfide) groups is 1. The largest absolute Gasteiger partial charge is 0.298 e. The lowest BCUT2D eigenvalue weighted by atomic mass is 9.98. The zero-order valence-electron chi connectivity index (χ0n) is 7.70. The lowest BCUT2D eigenvalue weighted by molar-refractivity contribution is 0.112. The predicted molar refractivity (Wildman–Crippen MR) is 61.5 cm³/mol. The Kier molecular flexibility index (Phi) is 3.14. The summed E-state index contributed by atoms with van der Waals surface area (Å²) >= 11 is 8.09. The van der Waals surface area contributed by atoms with Gasteiger partial charge in [0, 0.05) is 16.3 Å². The fourth-order valence-corrected chi connectivity index (χ4v) is 3.32. The van der Waals surface area contributed by atoms with Crippen LogP contribution in [-0.4, -0.2) is 17.8 Å². The van der Waals surface area contributed by atoms with Gasteiger partial charge in [-0.05, 0) is 29.7 Å². The van der Waals surface area contributed by atoms with Crippen LogP contribution >= 0.6 is 23.4 Å². The van der Waals surface area contributed by atoms with Gasteiger partial charge in [0.2, 0.25) is 0 Å². The van der Waals surface area contributed by atoms with Crippen LogP contribution < -0.4 is 0 Å². The van der Waals surface area contributed by atoms with Crippen LogP contribution in [0, 0.1) is 0 Å². The lowest BCUT2D eigenvalue weighted by Gasteiger charge is -2.10. The minimum absolute atomic E-state index is 0.577. The SMILES string of the molecule is O=Cc1ccc(C2CCSC2)c(Cl)c1. The van der Waals surface area contributed by atoms with Gasteiger partial charge in [0.1, 0.15) is 6.29 Å². The highest BCUT2D eigenvalue weighted by atomic mass is 35.5. The zero-order valence-corrected chi connectivity index (χ0v) is 9.27. The third-order valence-corrected chi connectivity index (χ3v) is 4.02. The van der Waals surface area contributed by atoms with E-state index >= 15 is 0 Å². The molecule has 1 aliphatic rings. The molecule has 0 N–H and O–H groups in total. The van der Waals surface area contributed by atoms with Crippen molar-refractivity contribution in [2.75, 3.05) is 11.5 Å². The molecule has 1 nitrogen and oxygen atoms in total. The molecule has 1 saturated heterocycles. The van der Waals surface area contributed by atoms with Crippen molar-refractivity contribution in [3.8, 4) is 0 Å². The van der Waals surface area contributed by atoms with Crippen molar-refractivity contribution in [1.29, 1.82) is 0 Å². The summed E-state index contributed by atoms with van der Waals surface area (Å²) in [4.78, 5) is 10.5. The fraction of sp³-hybridized carbons (Fsp3) is 0.364. The van der Waals surface area contributed by atoms with Crippen molar-refractivity contribution in [2.24, 2.45) is 0 Å². The zero-order chi connectivity index (χ0) is 9.97. The highest BCUT2D eigenvalue weighted by Crippen LogP contribution is 2.36. The molecule has 1 heterocycles. The van der Waals surface area contributed by atoms with Crippen molar-refractivity contribution in [3.05, 3.63) is 34.3 Å². The summed E-state index contributed by atoms with van der Waals surface area (Å²) in [7, 11) is 0. The second kappa shape index (κ2) is 4.37. The van der Waals surface area contributed by atoms with E-state index in [1.807, 2.05) is 23.9 Å². The first-order chi connectivity index (χ1) is 6.81. The maximum atomic E-state index is 10.5. The maximum Gasteiger partial charge on any atom is 0.150 e. The predicted octanol–water partition coefficient (Wildman–Crippen LogP) is 3.37. The number of rotatable bonds is 2. The van der Waals surface area contributed by atoms with Gasteiger partial charge >= 0.3 is 0 Å². The standard InChI is InChI=1S/C11H11ClOS/c12-11-5-8(6-13)1-2-10(11)9-3-4-14-7-9/h1-2,5-6,9H,3-4,7H2. The number of hydrogen-bond donors (Lipinski definition) is 0. The number of halogens is 1. The third kappa shape index (κ3) is 1.96. The van der Waals surface area contributed by atoms with Gasteiger partial charge in [-0.25, -0.2) is 0 Å². The van der Waals surface area contributed by atoms with Gasteiger partial charge < -0.3 is 0 Å². The van der Waals surface area contributed by atoms with Gasteiger partial charge in [0.15, 0.2) is 0 Å². The smallest absolute Gasteiger partial charge is 0.150 e. The van der Waals surface area contributed by atoms with Crippen LogP contribution in [0.25, 0.3) is 0 Å². The first-order valence-corrected chi connectivity index (χ1v) is 6.17. The van der Waals surface area contributed by atoms with Gasteiger partial charge in [-0.15, -0.1) is 0 Å². The van der Waals surface area contributed by atoms with E-state index in [-0.39, 0.29) is 0 Å². The normalized spacial score (nSPS) is 21.1. The maximum absolute atomic E-state index is 10.5. The fourth-order valence-electron chi connectivity index (χ4n) is 1.73. The molecular weight excluding hydrogens is 216 g/mol. The molecule has 74 valence electrons. The molecule has 3 heteroatoms. The van der Waals surface area contributed by atoms with E-state index in [9.17, 15) is 4.79 Å². The van der Waals surface area contributed by atoms with Crippen LogP contribution in [0.5, 0.6) is 0 Å². The van der Waals surface area contributed by atoms with E-state index in [2.05, 4.69) is 0 Å². The highest BCUT2D eigenvalue weighted by Gasteiger charge is 2.19. The second-order valence-electron chi connectivity index (χ2n) is 3.46. The molecule has 0 radical (unpaired) electrons. The van der Waals surface area contributed by atoms with Gasteiger partial charge in [-0.2, -0.15) is 11.8 Å². The summed E-state index contributed by atoms with van der Waals surface area (Å²) in [5.74, 6) is 2.95. The van der Waals surface area contributed by atoms with Gasteiger partial charge in [-0.1, -0.05) is 23.7 Å². The molecule has 0 spiro atoms. The van der Waals surface area contributed by atoms with Gasteiger partial charge in [0.25, 0.3) is 0 Å². The highest BCUT2D eigenvalue weighted by molar-refractivity contribution is 7.99. The molecule has 1 unspecified atom stereocenters. The van der Waals surface area contributed by atoms with Crippen LogP contribution in [0.15, 0.2) is 18.2 Å². The topological polar surface area (TPSA) is 17.1 Å². The summed E-state index contributed by atoms with van der Waals surface area (Å²) < 4.78 is 0. The molecule has 0 aromatic heterocycles. The summed E-state index contributed by atoms with van der Waals surface area (Å²) in [6.07, 6.45) is 2.03. The molecule has 1 atom stereocenters. The Labute approximate surface area is 92.8 Å². The van der Waals surface area contributed by atoms with Crippen molar-refractivity contribution < 1.29 is 4.79 Å². The second-order valence-corrected chi connectivity index (χ2v) is 5.02. The minimum Gasteiger partial charge on any atom is -0.298 e. The molecule has 0 bridgehead atoms. The van der Waals surface area contributed by atoms with E-state index < -0.39 is 0 Å². The number of carbonyl (C=O) groups is 1. The van der Waals surface area contributed by atoms with Gasteiger partial charge in [0.05, 0.1) is 0 Å². The van der Waals surface area contributed by atoms with Crippen LogP contribution in [0.3, 0.4) is 0 Å². The number of carbonyl (C=O) groups excluding carboxylic acids is 1. The van der Waals surface area contributed by atoms with E-state index in [1.165, 1.54) is 17.7 Å². The number of aldehydes is 1. The first kappa shape index (κ1) is 10.1. The number of benzene rings is 1. The van der Waals surface area contributed by atoms with Crippen molar-refractivity contribution >= 4 is 29.6 Å².